The van der Waals surface area contributed by atoms with Gasteiger partial charge in [-0.3, -0.25) is 4.79 Å². The molecule has 0 amide bonds. The molecule has 17 heavy (non-hydrogen) atoms. The van der Waals surface area contributed by atoms with Crippen LogP contribution in [0.15, 0.2) is 12.2 Å². The molecule has 4 heteroatoms. The van der Waals surface area contributed by atoms with Gasteiger partial charge >= 0.3 is 5.97 Å². The van der Waals surface area contributed by atoms with Gasteiger partial charge in [0, 0.05) is 12.8 Å². The molecule has 0 aromatic heterocycles. The number of carboxylic acids is 1. The Labute approximate surface area is 101 Å². The first-order valence-electron chi connectivity index (χ1n) is 5.85. The number of carboxylic acid groups (broad SMARTS) is 1. The number of ketones is 1. The summed E-state index contributed by atoms with van der Waals surface area (Å²) in [7, 11) is 0. The van der Waals surface area contributed by atoms with Crippen molar-refractivity contribution in [3.05, 3.63) is 12.2 Å². The van der Waals surface area contributed by atoms with Gasteiger partial charge in [0.05, 0.1) is 0 Å². The minimum atomic E-state index is -1.46. The monoisotopic (exact) mass is 240 g/mol. The largest absolute Gasteiger partial charge is 0.479 e. The molecule has 1 aliphatic rings. The molecule has 96 valence electrons. The van der Waals surface area contributed by atoms with Gasteiger partial charge in [-0.15, -0.1) is 0 Å². The van der Waals surface area contributed by atoms with Crippen LogP contribution in [0, 0.1) is 17.3 Å². The van der Waals surface area contributed by atoms with E-state index >= 15 is 0 Å². The van der Waals surface area contributed by atoms with Gasteiger partial charge < -0.3 is 10.2 Å². The Hall–Kier alpha value is -1.16. The molecule has 1 unspecified atom stereocenters. The summed E-state index contributed by atoms with van der Waals surface area (Å²) in [6, 6.07) is 0. The van der Waals surface area contributed by atoms with Gasteiger partial charge in [-0.1, -0.05) is 26.8 Å². The van der Waals surface area contributed by atoms with E-state index in [1.807, 2.05) is 20.8 Å². The lowest BCUT2D eigenvalue weighted by Crippen LogP contribution is -2.37. The first-order valence-corrected chi connectivity index (χ1v) is 5.85. The van der Waals surface area contributed by atoms with Crippen molar-refractivity contribution >= 4 is 11.8 Å². The second kappa shape index (κ2) is 5.00. The fourth-order valence-electron chi connectivity index (χ4n) is 2.71. The van der Waals surface area contributed by atoms with Crippen molar-refractivity contribution in [3.63, 3.8) is 0 Å². The third-order valence-electron chi connectivity index (χ3n) is 3.47. The molecule has 1 fully saturated rings. The highest BCUT2D eigenvalue weighted by atomic mass is 16.4. The number of rotatable bonds is 3. The Morgan fingerprint density at radius 3 is 2.59 bits per heavy atom. The van der Waals surface area contributed by atoms with Crippen LogP contribution in [0.4, 0.5) is 0 Å². The molecule has 0 radical (unpaired) electrons. The Balaban J connectivity index is 2.81. The maximum Gasteiger partial charge on any atom is 0.336 e. The Bertz CT molecular complexity index is 343. The zero-order chi connectivity index (χ0) is 13.2. The Kier molecular flexibility index (Phi) is 4.09. The number of aliphatic hydroxyl groups is 1. The summed E-state index contributed by atoms with van der Waals surface area (Å²) >= 11 is 0. The topological polar surface area (TPSA) is 74.6 Å². The molecule has 1 aliphatic carbocycles. The summed E-state index contributed by atoms with van der Waals surface area (Å²) in [6.07, 6.45) is 2.63. The molecule has 1 saturated carbocycles. The summed E-state index contributed by atoms with van der Waals surface area (Å²) < 4.78 is 0. The fourth-order valence-corrected chi connectivity index (χ4v) is 2.71. The van der Waals surface area contributed by atoms with Crippen LogP contribution >= 0.6 is 0 Å². The van der Waals surface area contributed by atoms with Crippen LogP contribution in [-0.2, 0) is 9.59 Å². The van der Waals surface area contributed by atoms with E-state index in [2.05, 4.69) is 0 Å². The second-order valence-corrected chi connectivity index (χ2v) is 5.58. The maximum absolute atomic E-state index is 11.5. The standard InChI is InChI=1S/C13H20O4/c1-8-6-9(14)7-13(2,3)10(8)4-5-11(15)12(16)17/h4-5,8,10-11,15H,6-7H2,1-3H3,(H,16,17)/b5-4+/t8-,10+,11?/m1/s1. The lowest BCUT2D eigenvalue weighted by atomic mass is 9.63. The third kappa shape index (κ3) is 3.40. The molecule has 0 aliphatic heterocycles. The molecular weight excluding hydrogens is 220 g/mol. The van der Waals surface area contributed by atoms with Crippen LogP contribution in [0.2, 0.25) is 0 Å². The smallest absolute Gasteiger partial charge is 0.336 e. The van der Waals surface area contributed by atoms with Crippen molar-refractivity contribution in [2.75, 3.05) is 0 Å². The molecule has 3 atom stereocenters. The van der Waals surface area contributed by atoms with E-state index < -0.39 is 12.1 Å². The Morgan fingerprint density at radius 1 is 1.53 bits per heavy atom. The number of aliphatic carboxylic acids is 1. The first kappa shape index (κ1) is 13.9. The second-order valence-electron chi connectivity index (χ2n) is 5.58. The lowest BCUT2D eigenvalue weighted by Gasteiger charge is -2.40. The summed E-state index contributed by atoms with van der Waals surface area (Å²) in [6.45, 7) is 5.99. The molecule has 0 bridgehead atoms. The van der Waals surface area contributed by atoms with Crippen LogP contribution in [0.3, 0.4) is 0 Å². The van der Waals surface area contributed by atoms with Gasteiger partial charge in [-0.25, -0.2) is 4.79 Å². The molecule has 0 saturated heterocycles. The van der Waals surface area contributed by atoms with E-state index in [1.165, 1.54) is 6.08 Å². The van der Waals surface area contributed by atoms with Crippen LogP contribution in [-0.4, -0.2) is 28.1 Å². The number of Topliss-reactive ketones (excluding diaryl/α,β-unsaturated/α-hetero) is 1. The quantitative estimate of drug-likeness (QED) is 0.735. The van der Waals surface area contributed by atoms with Crippen molar-refractivity contribution in [3.8, 4) is 0 Å². The molecule has 0 aromatic carbocycles. The van der Waals surface area contributed by atoms with E-state index in [1.54, 1.807) is 6.08 Å². The number of allylic oxidation sites excluding steroid dienone is 1. The van der Waals surface area contributed by atoms with Gasteiger partial charge in [-0.2, -0.15) is 0 Å². The van der Waals surface area contributed by atoms with E-state index in [9.17, 15) is 14.7 Å². The predicted molar refractivity (Wildman–Crippen MR) is 63.5 cm³/mol. The van der Waals surface area contributed by atoms with Crippen molar-refractivity contribution in [2.45, 2.75) is 39.7 Å². The molecule has 1 rings (SSSR count). The third-order valence-corrected chi connectivity index (χ3v) is 3.47. The normalized spacial score (nSPS) is 30.5. The van der Waals surface area contributed by atoms with Crippen LogP contribution in [0.5, 0.6) is 0 Å². The highest BCUT2D eigenvalue weighted by Crippen LogP contribution is 2.43. The zero-order valence-corrected chi connectivity index (χ0v) is 10.5. The maximum atomic E-state index is 11.5. The van der Waals surface area contributed by atoms with Crippen molar-refractivity contribution in [2.24, 2.45) is 17.3 Å². The number of aliphatic hydroxyl groups excluding tert-OH is 1. The molecule has 0 heterocycles. The SMILES string of the molecule is C[C@@H]1CC(=O)CC(C)(C)[C@H]1/C=C/C(O)C(=O)O. The van der Waals surface area contributed by atoms with Gasteiger partial charge in [0.2, 0.25) is 0 Å². The van der Waals surface area contributed by atoms with Gasteiger partial charge in [0.15, 0.2) is 6.10 Å². The molecule has 4 nitrogen and oxygen atoms in total. The van der Waals surface area contributed by atoms with Crippen LogP contribution in [0.1, 0.15) is 33.6 Å². The van der Waals surface area contributed by atoms with Gasteiger partial charge in [0.1, 0.15) is 5.78 Å². The van der Waals surface area contributed by atoms with Crippen molar-refractivity contribution in [1.82, 2.24) is 0 Å². The van der Waals surface area contributed by atoms with E-state index in [4.69, 9.17) is 5.11 Å². The first-order chi connectivity index (χ1) is 7.74. The average molecular weight is 240 g/mol. The number of carbonyl (C=O) groups excluding carboxylic acids is 1. The number of hydrogen-bond donors (Lipinski definition) is 2. The Morgan fingerprint density at radius 2 is 2.12 bits per heavy atom. The highest BCUT2D eigenvalue weighted by molar-refractivity contribution is 5.80. The predicted octanol–water partition coefficient (Wildman–Crippen LogP) is 1.63. The lowest BCUT2D eigenvalue weighted by molar-refractivity contribution is -0.144. The van der Waals surface area contributed by atoms with E-state index in [0.29, 0.717) is 12.8 Å². The highest BCUT2D eigenvalue weighted by Gasteiger charge is 2.38. The summed E-state index contributed by atoms with van der Waals surface area (Å²) in [5, 5.41) is 17.8. The minimum Gasteiger partial charge on any atom is -0.479 e. The van der Waals surface area contributed by atoms with E-state index in [0.717, 1.165) is 0 Å². The van der Waals surface area contributed by atoms with Crippen molar-refractivity contribution < 1.29 is 19.8 Å². The van der Waals surface area contributed by atoms with Gasteiger partial charge in [-0.05, 0) is 23.3 Å². The van der Waals surface area contributed by atoms with Gasteiger partial charge in [0.25, 0.3) is 0 Å². The van der Waals surface area contributed by atoms with Crippen LogP contribution < -0.4 is 0 Å². The molecule has 2 N–H and O–H groups in total. The number of hydrogen-bond acceptors (Lipinski definition) is 3. The van der Waals surface area contributed by atoms with E-state index in [-0.39, 0.29) is 23.0 Å². The summed E-state index contributed by atoms with van der Waals surface area (Å²) in [4.78, 5) is 22.0. The van der Waals surface area contributed by atoms with Crippen LogP contribution in [0.25, 0.3) is 0 Å². The zero-order valence-electron chi connectivity index (χ0n) is 10.5. The molecular formula is C13H20O4. The molecule has 0 aromatic rings. The average Bonchev–Trinajstić information content (AvgIpc) is 2.13. The molecule has 0 spiro atoms. The minimum absolute atomic E-state index is 0.120. The fraction of sp³-hybridized carbons (Fsp3) is 0.692. The summed E-state index contributed by atoms with van der Waals surface area (Å²) in [5.74, 6) is -0.692. The number of carbonyl (C=O) groups is 2. The summed E-state index contributed by atoms with van der Waals surface area (Å²) in [5.41, 5.74) is -0.177. The van der Waals surface area contributed by atoms with Crippen molar-refractivity contribution in [1.29, 1.82) is 0 Å².